The van der Waals surface area contributed by atoms with Crippen LogP contribution in [0.2, 0.25) is 0 Å². The molecule has 0 radical (unpaired) electrons. The van der Waals surface area contributed by atoms with E-state index in [1.54, 1.807) is 0 Å². The van der Waals surface area contributed by atoms with E-state index in [2.05, 4.69) is 10.2 Å². The third-order valence-corrected chi connectivity index (χ3v) is 5.48. The average Bonchev–Trinajstić information content (AvgIpc) is 2.79. The van der Waals surface area contributed by atoms with E-state index < -0.39 is 5.97 Å². The van der Waals surface area contributed by atoms with Gasteiger partial charge in [-0.25, -0.2) is 0 Å². The number of hydrogen-bond acceptors (Lipinski definition) is 4. The minimum atomic E-state index is -0.777. The van der Waals surface area contributed by atoms with Crippen LogP contribution in [0, 0.1) is 5.92 Å². The van der Waals surface area contributed by atoms with Gasteiger partial charge < -0.3 is 10.4 Å². The molecule has 0 aromatic carbocycles. The molecule has 1 heterocycles. The normalized spacial score (nSPS) is 22.9. The molecule has 25 heavy (non-hydrogen) atoms. The first-order valence-electron chi connectivity index (χ1n) is 9.45. The highest BCUT2D eigenvalue weighted by Crippen LogP contribution is 2.22. The summed E-state index contributed by atoms with van der Waals surface area (Å²) in [5, 5.41) is 12.0. The maximum atomic E-state index is 12.2. The van der Waals surface area contributed by atoms with Crippen molar-refractivity contribution in [3.8, 4) is 0 Å². The van der Waals surface area contributed by atoms with Crippen molar-refractivity contribution in [3.63, 3.8) is 0 Å². The largest absolute Gasteiger partial charge is 0.480 e. The van der Waals surface area contributed by atoms with Gasteiger partial charge in [-0.15, -0.1) is 12.4 Å². The molecule has 7 heteroatoms. The number of likely N-dealkylation sites (N-methyl/N-ethyl adjacent to an activating group) is 1. The van der Waals surface area contributed by atoms with Crippen LogP contribution in [0.4, 0.5) is 0 Å². The molecule has 2 rings (SSSR count). The molecule has 1 unspecified atom stereocenters. The zero-order chi connectivity index (χ0) is 17.4. The maximum Gasteiger partial charge on any atom is 0.317 e. The molecule has 2 aliphatic rings. The molecule has 0 bridgehead atoms. The number of likely N-dealkylation sites (tertiary alicyclic amines) is 1. The topological polar surface area (TPSA) is 72.9 Å². The lowest BCUT2D eigenvalue weighted by Gasteiger charge is -2.26. The van der Waals surface area contributed by atoms with Crippen LogP contribution < -0.4 is 5.32 Å². The van der Waals surface area contributed by atoms with Crippen molar-refractivity contribution in [1.29, 1.82) is 0 Å². The lowest BCUT2D eigenvalue weighted by Crippen LogP contribution is -2.40. The Morgan fingerprint density at radius 3 is 2.48 bits per heavy atom. The fourth-order valence-corrected chi connectivity index (χ4v) is 3.99. The van der Waals surface area contributed by atoms with Crippen LogP contribution in [0.15, 0.2) is 0 Å². The lowest BCUT2D eigenvalue weighted by atomic mass is 9.89. The van der Waals surface area contributed by atoms with Gasteiger partial charge >= 0.3 is 5.97 Å². The molecular formula is C18H34ClN3O3. The summed E-state index contributed by atoms with van der Waals surface area (Å²) >= 11 is 0. The Balaban J connectivity index is 0.00000312. The number of aliphatic carboxylic acids is 1. The van der Waals surface area contributed by atoms with Crippen LogP contribution >= 0.6 is 12.4 Å². The summed E-state index contributed by atoms with van der Waals surface area (Å²) in [5.74, 6) is 0.0273. The Hall–Kier alpha value is -0.850. The van der Waals surface area contributed by atoms with Crippen LogP contribution in [-0.4, -0.2) is 72.6 Å². The fraction of sp³-hybridized carbons (Fsp3) is 0.889. The van der Waals surface area contributed by atoms with Gasteiger partial charge in [0.1, 0.15) is 0 Å². The Morgan fingerprint density at radius 1 is 1.08 bits per heavy atom. The number of rotatable bonds is 7. The first kappa shape index (κ1) is 22.2. The summed E-state index contributed by atoms with van der Waals surface area (Å²) < 4.78 is 0. The quantitative estimate of drug-likeness (QED) is 0.711. The second-order valence-electron chi connectivity index (χ2n) is 7.48. The molecule has 0 aromatic heterocycles. The number of carbonyl (C=O) groups is 2. The Kier molecular flexibility index (Phi) is 10.4. The number of amides is 1. The predicted molar refractivity (Wildman–Crippen MR) is 101 cm³/mol. The molecule has 6 nitrogen and oxygen atoms in total. The number of halogens is 1. The van der Waals surface area contributed by atoms with E-state index in [1.165, 1.54) is 32.1 Å². The van der Waals surface area contributed by atoms with Crippen molar-refractivity contribution in [3.05, 3.63) is 0 Å². The summed E-state index contributed by atoms with van der Waals surface area (Å²) in [7, 11) is 1.88. The predicted octanol–water partition coefficient (Wildman–Crippen LogP) is 1.98. The highest BCUT2D eigenvalue weighted by molar-refractivity contribution is 5.85. The van der Waals surface area contributed by atoms with Crippen molar-refractivity contribution < 1.29 is 14.7 Å². The zero-order valence-corrected chi connectivity index (χ0v) is 16.2. The molecule has 1 saturated carbocycles. The lowest BCUT2D eigenvalue weighted by molar-refractivity contribution is -0.138. The Labute approximate surface area is 157 Å². The number of carboxylic acid groups (broad SMARTS) is 1. The minimum absolute atomic E-state index is 0. The summed E-state index contributed by atoms with van der Waals surface area (Å²) in [6.45, 7) is 3.19. The first-order valence-corrected chi connectivity index (χ1v) is 9.45. The molecular weight excluding hydrogens is 342 g/mol. The molecule has 2 N–H and O–H groups in total. The molecule has 1 aliphatic heterocycles. The smallest absolute Gasteiger partial charge is 0.317 e. The Morgan fingerprint density at radius 2 is 1.80 bits per heavy atom. The molecule has 146 valence electrons. The number of nitrogens with zero attached hydrogens (tertiary/aromatic N) is 2. The van der Waals surface area contributed by atoms with Gasteiger partial charge in [-0.1, -0.05) is 19.3 Å². The van der Waals surface area contributed by atoms with Crippen molar-refractivity contribution in [2.75, 3.05) is 39.8 Å². The van der Waals surface area contributed by atoms with E-state index in [0.29, 0.717) is 18.5 Å². The number of hydrogen-bond donors (Lipinski definition) is 2. The zero-order valence-electron chi connectivity index (χ0n) is 15.4. The first-order chi connectivity index (χ1) is 11.5. The summed E-state index contributed by atoms with van der Waals surface area (Å²) in [4.78, 5) is 27.2. The fourth-order valence-electron chi connectivity index (χ4n) is 3.99. The molecule has 1 aliphatic carbocycles. The van der Waals surface area contributed by atoms with E-state index in [4.69, 9.17) is 5.11 Å². The van der Waals surface area contributed by atoms with E-state index in [1.807, 2.05) is 11.9 Å². The summed E-state index contributed by atoms with van der Waals surface area (Å²) in [5.41, 5.74) is 0. The standard InChI is InChI=1S/C18H33N3O3.ClH/c1-20(14-18(23)24)16-8-5-10-21(11-9-16)13-17(22)19-12-15-6-3-2-4-7-15;/h15-16H,2-14H2,1H3,(H,19,22)(H,23,24);1H. The van der Waals surface area contributed by atoms with E-state index >= 15 is 0 Å². The van der Waals surface area contributed by atoms with Gasteiger partial charge in [0.25, 0.3) is 0 Å². The summed E-state index contributed by atoms with van der Waals surface area (Å²) in [6.07, 6.45) is 9.41. The van der Waals surface area contributed by atoms with Crippen LogP contribution in [-0.2, 0) is 9.59 Å². The molecule has 1 amide bonds. The number of carbonyl (C=O) groups excluding carboxylic acids is 1. The van der Waals surface area contributed by atoms with Crippen LogP contribution in [0.3, 0.4) is 0 Å². The van der Waals surface area contributed by atoms with Crippen molar-refractivity contribution >= 4 is 24.3 Å². The van der Waals surface area contributed by atoms with E-state index in [0.717, 1.165) is 38.9 Å². The van der Waals surface area contributed by atoms with E-state index in [-0.39, 0.29) is 24.9 Å². The summed E-state index contributed by atoms with van der Waals surface area (Å²) in [6, 6.07) is 0.302. The number of carboxylic acids is 1. The van der Waals surface area contributed by atoms with Crippen molar-refractivity contribution in [2.45, 2.75) is 57.4 Å². The molecule has 2 fully saturated rings. The SMILES string of the molecule is CN(CC(=O)O)C1CCCN(CC(=O)NCC2CCCCC2)CC1.Cl. The van der Waals surface area contributed by atoms with Crippen molar-refractivity contribution in [2.24, 2.45) is 5.92 Å². The van der Waals surface area contributed by atoms with Gasteiger partial charge in [-0.2, -0.15) is 0 Å². The van der Waals surface area contributed by atoms with Crippen LogP contribution in [0.1, 0.15) is 51.4 Å². The second kappa shape index (κ2) is 11.7. The van der Waals surface area contributed by atoms with Gasteiger partial charge in [0.15, 0.2) is 0 Å². The third-order valence-electron chi connectivity index (χ3n) is 5.48. The van der Waals surface area contributed by atoms with Crippen molar-refractivity contribution in [1.82, 2.24) is 15.1 Å². The van der Waals surface area contributed by atoms with Gasteiger partial charge in [-0.05, 0) is 51.6 Å². The highest BCUT2D eigenvalue weighted by atomic mass is 35.5. The van der Waals surface area contributed by atoms with Crippen LogP contribution in [0.5, 0.6) is 0 Å². The third kappa shape index (κ3) is 8.38. The van der Waals surface area contributed by atoms with Gasteiger partial charge in [0.05, 0.1) is 13.1 Å². The van der Waals surface area contributed by atoms with E-state index in [9.17, 15) is 9.59 Å². The number of nitrogens with one attached hydrogen (secondary N) is 1. The molecule has 1 atom stereocenters. The second-order valence-corrected chi connectivity index (χ2v) is 7.48. The van der Waals surface area contributed by atoms with Gasteiger partial charge in [0, 0.05) is 19.1 Å². The highest BCUT2D eigenvalue weighted by Gasteiger charge is 2.23. The monoisotopic (exact) mass is 375 g/mol. The molecule has 0 aromatic rings. The molecule has 1 saturated heterocycles. The minimum Gasteiger partial charge on any atom is -0.480 e. The Bertz CT molecular complexity index is 416. The van der Waals surface area contributed by atoms with Crippen LogP contribution in [0.25, 0.3) is 0 Å². The molecule has 0 spiro atoms. The average molecular weight is 376 g/mol. The van der Waals surface area contributed by atoms with Gasteiger partial charge in [-0.3, -0.25) is 19.4 Å². The maximum absolute atomic E-state index is 12.2. The van der Waals surface area contributed by atoms with Gasteiger partial charge in [0.2, 0.25) is 5.91 Å².